The van der Waals surface area contributed by atoms with Crippen LogP contribution in [0.25, 0.3) is 0 Å². The van der Waals surface area contributed by atoms with Gasteiger partial charge in [0.25, 0.3) is 5.91 Å². The van der Waals surface area contributed by atoms with E-state index in [0.29, 0.717) is 24.6 Å². The van der Waals surface area contributed by atoms with E-state index >= 15 is 0 Å². The highest BCUT2D eigenvalue weighted by molar-refractivity contribution is 7.99. The van der Waals surface area contributed by atoms with Crippen LogP contribution in [0.2, 0.25) is 0 Å². The van der Waals surface area contributed by atoms with Crippen molar-refractivity contribution >= 4 is 29.6 Å². The van der Waals surface area contributed by atoms with Gasteiger partial charge in [-0.3, -0.25) is 14.5 Å². The maximum Gasteiger partial charge on any atom is 0.325 e. The van der Waals surface area contributed by atoms with Gasteiger partial charge in [-0.2, -0.15) is 11.8 Å². The second-order valence-electron chi connectivity index (χ2n) is 6.31. The molecule has 4 amide bonds. The average molecular weight is 377 g/mol. The van der Waals surface area contributed by atoms with Crippen molar-refractivity contribution in [1.82, 2.24) is 15.1 Å². The highest BCUT2D eigenvalue weighted by Crippen LogP contribution is 2.33. The number of amides is 4. The van der Waals surface area contributed by atoms with E-state index < -0.39 is 12.1 Å². The van der Waals surface area contributed by atoms with E-state index in [1.165, 1.54) is 0 Å². The molecule has 26 heavy (non-hydrogen) atoms. The Kier molecular flexibility index (Phi) is 4.62. The molecule has 138 valence electrons. The Morgan fingerprint density at radius 1 is 1.19 bits per heavy atom. The van der Waals surface area contributed by atoms with E-state index in [4.69, 9.17) is 9.47 Å². The van der Waals surface area contributed by atoms with Crippen LogP contribution in [0.15, 0.2) is 18.2 Å². The van der Waals surface area contributed by atoms with Crippen LogP contribution in [-0.4, -0.2) is 65.1 Å². The number of ether oxygens (including phenoxy) is 2. The standard InChI is InChI=1S/C17H19N3O5S/c21-15(19-3-5-26-6-4-19)8-12-16(22)20(17(23)18-12)9-11-1-2-13-14(7-11)25-10-24-13/h1-2,7,12H,3-6,8-10H2,(H,18,23)/t12-/m1/s1. The number of urea groups is 1. The zero-order valence-electron chi connectivity index (χ0n) is 14.1. The molecule has 1 aromatic rings. The van der Waals surface area contributed by atoms with Gasteiger partial charge in [-0.15, -0.1) is 0 Å². The predicted octanol–water partition coefficient (Wildman–Crippen LogP) is 0.801. The highest BCUT2D eigenvalue weighted by atomic mass is 32.2. The predicted molar refractivity (Wildman–Crippen MR) is 94.0 cm³/mol. The van der Waals surface area contributed by atoms with E-state index in [9.17, 15) is 14.4 Å². The normalized spacial score (nSPS) is 21.9. The lowest BCUT2D eigenvalue weighted by molar-refractivity contribution is -0.135. The molecule has 3 aliphatic heterocycles. The summed E-state index contributed by atoms with van der Waals surface area (Å²) in [4.78, 5) is 40.0. The van der Waals surface area contributed by atoms with E-state index in [-0.39, 0.29) is 31.6 Å². The molecule has 0 aliphatic carbocycles. The van der Waals surface area contributed by atoms with Crippen LogP contribution in [-0.2, 0) is 16.1 Å². The molecule has 8 nitrogen and oxygen atoms in total. The van der Waals surface area contributed by atoms with Gasteiger partial charge in [0.2, 0.25) is 12.7 Å². The molecule has 0 radical (unpaired) electrons. The van der Waals surface area contributed by atoms with Crippen LogP contribution in [0.5, 0.6) is 11.5 Å². The molecular formula is C17H19N3O5S. The monoisotopic (exact) mass is 377 g/mol. The summed E-state index contributed by atoms with van der Waals surface area (Å²) in [5.74, 6) is 2.61. The Morgan fingerprint density at radius 2 is 1.96 bits per heavy atom. The maximum absolute atomic E-state index is 12.6. The number of fused-ring (bicyclic) bond motifs is 1. The Hall–Kier alpha value is -2.42. The zero-order valence-corrected chi connectivity index (χ0v) is 14.9. The molecule has 1 atom stereocenters. The fourth-order valence-electron chi connectivity index (χ4n) is 3.20. The Bertz CT molecular complexity index is 750. The molecule has 4 rings (SSSR count). The van der Waals surface area contributed by atoms with Crippen LogP contribution >= 0.6 is 11.8 Å². The first-order chi connectivity index (χ1) is 12.6. The number of nitrogens with zero attached hydrogens (tertiary/aromatic N) is 2. The fraction of sp³-hybridized carbons (Fsp3) is 0.471. The molecule has 9 heteroatoms. The molecular weight excluding hydrogens is 358 g/mol. The number of rotatable bonds is 4. The number of imide groups is 1. The van der Waals surface area contributed by atoms with Crippen molar-refractivity contribution < 1.29 is 23.9 Å². The molecule has 1 N–H and O–H groups in total. The lowest BCUT2D eigenvalue weighted by atomic mass is 10.1. The number of carbonyl (C=O) groups excluding carboxylic acids is 3. The second-order valence-corrected chi connectivity index (χ2v) is 7.54. The molecule has 0 spiro atoms. The van der Waals surface area contributed by atoms with E-state index in [2.05, 4.69) is 5.32 Å². The minimum atomic E-state index is -0.793. The van der Waals surface area contributed by atoms with Crippen molar-refractivity contribution in [1.29, 1.82) is 0 Å². The highest BCUT2D eigenvalue weighted by Gasteiger charge is 2.39. The van der Waals surface area contributed by atoms with Gasteiger partial charge >= 0.3 is 6.03 Å². The van der Waals surface area contributed by atoms with Crippen molar-refractivity contribution in [2.45, 2.75) is 19.0 Å². The van der Waals surface area contributed by atoms with Gasteiger partial charge < -0.3 is 19.7 Å². The van der Waals surface area contributed by atoms with Gasteiger partial charge in [0.1, 0.15) is 6.04 Å². The van der Waals surface area contributed by atoms with Crippen LogP contribution in [0.1, 0.15) is 12.0 Å². The summed E-state index contributed by atoms with van der Waals surface area (Å²) >= 11 is 1.81. The summed E-state index contributed by atoms with van der Waals surface area (Å²) in [5, 5.41) is 2.63. The third kappa shape index (κ3) is 3.31. The van der Waals surface area contributed by atoms with Crippen molar-refractivity contribution in [3.05, 3.63) is 23.8 Å². The van der Waals surface area contributed by atoms with Crippen LogP contribution in [0.3, 0.4) is 0 Å². The quantitative estimate of drug-likeness (QED) is 0.781. The van der Waals surface area contributed by atoms with Gasteiger partial charge in [-0.25, -0.2) is 4.79 Å². The van der Waals surface area contributed by atoms with Crippen molar-refractivity contribution in [2.24, 2.45) is 0 Å². The van der Waals surface area contributed by atoms with Gasteiger partial charge in [0, 0.05) is 24.6 Å². The molecule has 0 bridgehead atoms. The summed E-state index contributed by atoms with van der Waals surface area (Å²) in [5.41, 5.74) is 0.762. The van der Waals surface area contributed by atoms with Crippen LogP contribution in [0, 0.1) is 0 Å². The fourth-order valence-corrected chi connectivity index (χ4v) is 4.11. The molecule has 1 aromatic carbocycles. The number of hydrogen-bond acceptors (Lipinski definition) is 6. The molecule has 0 unspecified atom stereocenters. The molecule has 2 fully saturated rings. The number of hydrogen-bond donors (Lipinski definition) is 1. The van der Waals surface area contributed by atoms with Crippen LogP contribution < -0.4 is 14.8 Å². The number of thioether (sulfide) groups is 1. The minimum absolute atomic E-state index is 0.00682. The average Bonchev–Trinajstić information content (AvgIpc) is 3.22. The molecule has 0 aromatic heterocycles. The molecule has 0 saturated carbocycles. The van der Waals surface area contributed by atoms with Gasteiger partial charge in [-0.1, -0.05) is 6.07 Å². The Balaban J connectivity index is 1.39. The minimum Gasteiger partial charge on any atom is -0.454 e. The maximum atomic E-state index is 12.6. The first-order valence-electron chi connectivity index (χ1n) is 8.48. The zero-order chi connectivity index (χ0) is 18.1. The third-order valence-electron chi connectivity index (χ3n) is 4.63. The van der Waals surface area contributed by atoms with Crippen molar-refractivity contribution in [2.75, 3.05) is 31.4 Å². The number of carbonyl (C=O) groups is 3. The summed E-state index contributed by atoms with van der Waals surface area (Å²) in [6, 6.07) is 4.04. The number of benzene rings is 1. The summed E-state index contributed by atoms with van der Waals surface area (Å²) < 4.78 is 10.6. The van der Waals surface area contributed by atoms with Crippen LogP contribution in [0.4, 0.5) is 4.79 Å². The van der Waals surface area contributed by atoms with Crippen molar-refractivity contribution in [3.8, 4) is 11.5 Å². The van der Waals surface area contributed by atoms with Gasteiger partial charge in [0.15, 0.2) is 11.5 Å². The van der Waals surface area contributed by atoms with E-state index in [1.807, 2.05) is 11.8 Å². The van der Waals surface area contributed by atoms with E-state index in [1.54, 1.807) is 23.1 Å². The van der Waals surface area contributed by atoms with Crippen molar-refractivity contribution in [3.63, 3.8) is 0 Å². The lowest BCUT2D eigenvalue weighted by Crippen LogP contribution is -2.42. The summed E-state index contributed by atoms with van der Waals surface area (Å²) in [6.45, 7) is 1.69. The largest absolute Gasteiger partial charge is 0.454 e. The third-order valence-corrected chi connectivity index (χ3v) is 5.57. The molecule has 2 saturated heterocycles. The molecule has 3 heterocycles. The van der Waals surface area contributed by atoms with Gasteiger partial charge in [-0.05, 0) is 17.7 Å². The first kappa shape index (κ1) is 17.0. The first-order valence-corrected chi connectivity index (χ1v) is 9.63. The topological polar surface area (TPSA) is 88.2 Å². The van der Waals surface area contributed by atoms with Gasteiger partial charge in [0.05, 0.1) is 13.0 Å². The number of nitrogens with one attached hydrogen (secondary N) is 1. The Morgan fingerprint density at radius 3 is 2.77 bits per heavy atom. The summed E-state index contributed by atoms with van der Waals surface area (Å²) in [6.07, 6.45) is 0.00682. The lowest BCUT2D eigenvalue weighted by Gasteiger charge is -2.27. The molecule has 3 aliphatic rings. The van der Waals surface area contributed by atoms with E-state index in [0.717, 1.165) is 22.0 Å². The smallest absolute Gasteiger partial charge is 0.325 e. The Labute approximate surface area is 154 Å². The SMILES string of the molecule is O=C(C[C@H]1NC(=O)N(Cc2ccc3c(c2)OCO3)C1=O)N1CCSCC1. The summed E-state index contributed by atoms with van der Waals surface area (Å²) in [7, 11) is 0. The second kappa shape index (κ2) is 7.06.